The fourth-order valence-electron chi connectivity index (χ4n) is 5.37. The topological polar surface area (TPSA) is 96.0 Å². The number of nitrogens with zero attached hydrogens (tertiary/aromatic N) is 2. The monoisotopic (exact) mass is 798 g/mol. The van der Waals surface area contributed by atoms with Crippen molar-refractivity contribution >= 4 is 35.9 Å². The Kier molecular flexibility index (Phi) is 15.4. The van der Waals surface area contributed by atoms with E-state index in [0.717, 1.165) is 33.8 Å². The molecule has 0 N–H and O–H groups in total. The lowest BCUT2D eigenvalue weighted by molar-refractivity contribution is -0.181. The van der Waals surface area contributed by atoms with E-state index in [9.17, 15) is 9.59 Å². The third kappa shape index (κ3) is 14.0. The summed E-state index contributed by atoms with van der Waals surface area (Å²) in [6, 6.07) is 12.0. The largest absolute Gasteiger partial charge is 0.462 e. The Bertz CT molecular complexity index is 1290. The summed E-state index contributed by atoms with van der Waals surface area (Å²) in [7, 11) is 0. The first-order valence-corrected chi connectivity index (χ1v) is 17.0. The van der Waals surface area contributed by atoms with Gasteiger partial charge in [-0.25, -0.2) is 0 Å². The van der Waals surface area contributed by atoms with E-state index in [2.05, 4.69) is 0 Å². The van der Waals surface area contributed by atoms with E-state index in [1.165, 1.54) is 0 Å². The fraction of sp³-hybridized carbons (Fsp3) is 0.632. The Hall–Kier alpha value is -2.45. The van der Waals surface area contributed by atoms with Crippen LogP contribution in [0.5, 0.6) is 11.5 Å². The average Bonchev–Trinajstić information content (AvgIpc) is 2.94. The summed E-state index contributed by atoms with van der Waals surface area (Å²) in [5.74, 6) is -0.630. The first-order chi connectivity index (χ1) is 22.3. The number of carbonyl (C=O) groups is 2. The van der Waals surface area contributed by atoms with Crippen LogP contribution in [0.1, 0.15) is 105 Å². The number of esters is 2. The molecule has 0 spiro atoms. The lowest BCUT2D eigenvalue weighted by Gasteiger charge is -2.35. The van der Waals surface area contributed by atoms with E-state index < -0.39 is 22.8 Å². The Morgan fingerprint density at radius 1 is 0.673 bits per heavy atom. The zero-order valence-electron chi connectivity index (χ0n) is 31.7. The zero-order valence-corrected chi connectivity index (χ0v) is 34.0. The molecule has 0 radical (unpaired) electrons. The van der Waals surface area contributed by atoms with Crippen molar-refractivity contribution < 1.29 is 38.0 Å². The maximum atomic E-state index is 13.1. The number of carbonyl (C=O) groups excluding carboxylic acids is 2. The van der Waals surface area contributed by atoms with Gasteiger partial charge in [0.1, 0.15) is 22.7 Å². The summed E-state index contributed by atoms with van der Waals surface area (Å²) in [5, 5.41) is 0. The highest BCUT2D eigenvalue weighted by Gasteiger charge is 2.32. The molecule has 0 atom stereocenters. The minimum Gasteiger partial charge on any atom is -0.462 e. The molecule has 4 rings (SSSR count). The number of halogens is 1. The van der Waals surface area contributed by atoms with E-state index in [1.54, 1.807) is 0 Å². The van der Waals surface area contributed by atoms with Crippen molar-refractivity contribution in [3.8, 4) is 11.5 Å². The predicted molar refractivity (Wildman–Crippen MR) is 201 cm³/mol. The Morgan fingerprint density at radius 2 is 1.02 bits per heavy atom. The summed E-state index contributed by atoms with van der Waals surface area (Å²) < 4.78 is 35.6. The first-order valence-electron chi connectivity index (χ1n) is 17.0. The number of para-hydroxylation sites is 2. The van der Waals surface area contributed by atoms with Crippen molar-refractivity contribution in [3.63, 3.8) is 0 Å². The summed E-state index contributed by atoms with van der Waals surface area (Å²) in [4.78, 5) is 30.3. The first kappa shape index (κ1) is 42.7. The molecular weight excluding hydrogens is 739 g/mol. The van der Waals surface area contributed by atoms with Gasteiger partial charge >= 0.3 is 11.9 Å². The predicted octanol–water partition coefficient (Wildman–Crippen LogP) is 7.61. The van der Waals surface area contributed by atoms with Crippen molar-refractivity contribution in [1.82, 2.24) is 9.80 Å². The zero-order chi connectivity index (χ0) is 35.9. The maximum Gasteiger partial charge on any atom is 0.320 e. The molecule has 0 saturated heterocycles. The minimum absolute atomic E-state index is 0. The molecule has 0 bridgehead atoms. The van der Waals surface area contributed by atoms with Crippen LogP contribution in [0.3, 0.4) is 0 Å². The highest BCUT2D eigenvalue weighted by molar-refractivity contribution is 14.0. The molecule has 0 fully saturated rings. The fourth-order valence-corrected chi connectivity index (χ4v) is 5.37. The van der Waals surface area contributed by atoms with E-state index in [4.69, 9.17) is 28.4 Å². The van der Waals surface area contributed by atoms with Crippen molar-refractivity contribution in [2.75, 3.05) is 26.2 Å². The average molecular weight is 799 g/mol. The SMILES string of the molecule is CC.CC(C)(C)OC(=O)CN(CCN(CC(=O)OC(C)(C)C)Cc1cccc2c1OC(C)(C)OC2)Cc1cccc2c1OC(C)(C)OC2.I. The van der Waals surface area contributed by atoms with Gasteiger partial charge < -0.3 is 28.4 Å². The van der Waals surface area contributed by atoms with Gasteiger partial charge in [-0.1, -0.05) is 50.2 Å². The van der Waals surface area contributed by atoms with Crippen molar-refractivity contribution in [2.45, 2.75) is 132 Å². The molecule has 2 aromatic carbocycles. The molecule has 0 amide bonds. The maximum absolute atomic E-state index is 13.1. The molecule has 0 aromatic heterocycles. The van der Waals surface area contributed by atoms with Crippen LogP contribution in [-0.4, -0.2) is 70.7 Å². The van der Waals surface area contributed by atoms with Gasteiger partial charge in [-0.2, -0.15) is 0 Å². The standard InChI is InChI=1S/C36H52N2O8.C2H6.HI/c1-33(2,3)43-29(39)21-37(19-25-13-11-15-27-23-41-35(7,8)45-31(25)27)17-18-38(22-30(40)44-34(4,5)6)20-26-14-12-16-28-24-42-36(9,10)46-32(26)28;1-2;/h11-16H,17-24H2,1-10H3;1-2H3;1H. The second kappa shape index (κ2) is 17.7. The van der Waals surface area contributed by atoms with Gasteiger partial charge in [-0.05, 0) is 41.5 Å². The summed E-state index contributed by atoms with van der Waals surface area (Å²) in [6.07, 6.45) is 0. The van der Waals surface area contributed by atoms with Gasteiger partial charge in [0.15, 0.2) is 0 Å². The number of hydrogen-bond donors (Lipinski definition) is 0. The minimum atomic E-state index is -0.764. The summed E-state index contributed by atoms with van der Waals surface area (Å²) >= 11 is 0. The lowest BCUT2D eigenvalue weighted by atomic mass is 10.1. The van der Waals surface area contributed by atoms with Crippen LogP contribution in [0, 0.1) is 0 Å². The molecule has 2 aliphatic rings. The molecule has 10 nitrogen and oxygen atoms in total. The quantitative estimate of drug-likeness (QED) is 0.167. The Morgan fingerprint density at radius 3 is 1.35 bits per heavy atom. The van der Waals surface area contributed by atoms with Gasteiger partial charge in [-0.3, -0.25) is 19.4 Å². The molecule has 0 aliphatic carbocycles. The van der Waals surface area contributed by atoms with Crippen molar-refractivity contribution in [1.29, 1.82) is 0 Å². The van der Waals surface area contributed by atoms with E-state index in [1.807, 2.05) is 129 Å². The molecule has 11 heteroatoms. The van der Waals surface area contributed by atoms with E-state index in [-0.39, 0.29) is 49.0 Å². The van der Waals surface area contributed by atoms with Gasteiger partial charge in [0.25, 0.3) is 0 Å². The number of rotatable bonds is 11. The molecule has 2 aliphatic heterocycles. The normalized spacial score (nSPS) is 16.1. The van der Waals surface area contributed by atoms with Crippen molar-refractivity contribution in [2.24, 2.45) is 0 Å². The molecule has 0 saturated carbocycles. The second-order valence-corrected chi connectivity index (χ2v) is 15.0. The second-order valence-electron chi connectivity index (χ2n) is 15.0. The third-order valence-corrected chi connectivity index (χ3v) is 7.27. The number of ether oxygens (including phenoxy) is 6. The highest BCUT2D eigenvalue weighted by Crippen LogP contribution is 2.36. The van der Waals surface area contributed by atoms with E-state index >= 15 is 0 Å². The van der Waals surface area contributed by atoms with Crippen molar-refractivity contribution in [3.05, 3.63) is 58.7 Å². The lowest BCUT2D eigenvalue weighted by Crippen LogP contribution is -2.42. The molecule has 0 unspecified atom stereocenters. The summed E-state index contributed by atoms with van der Waals surface area (Å²) in [6.45, 7) is 25.5. The summed E-state index contributed by atoms with van der Waals surface area (Å²) in [5.41, 5.74) is 2.58. The molecule has 2 heterocycles. The Balaban J connectivity index is 0.00000273. The van der Waals surface area contributed by atoms with Gasteiger partial charge in [0.05, 0.1) is 26.3 Å². The van der Waals surface area contributed by atoms with Crippen LogP contribution in [0.15, 0.2) is 36.4 Å². The van der Waals surface area contributed by atoms with Crippen LogP contribution >= 0.6 is 24.0 Å². The van der Waals surface area contributed by atoms with Gasteiger partial charge in [-0.15, -0.1) is 24.0 Å². The molecule has 276 valence electrons. The van der Waals surface area contributed by atoms with E-state index in [0.29, 0.717) is 39.4 Å². The Labute approximate surface area is 311 Å². The molecule has 2 aromatic rings. The highest BCUT2D eigenvalue weighted by atomic mass is 127. The van der Waals surface area contributed by atoms with Crippen LogP contribution < -0.4 is 9.47 Å². The van der Waals surface area contributed by atoms with Gasteiger partial charge in [0.2, 0.25) is 11.6 Å². The van der Waals surface area contributed by atoms with Gasteiger partial charge in [0, 0.05) is 76.1 Å². The van der Waals surface area contributed by atoms with Crippen LogP contribution in [-0.2, 0) is 54.8 Å². The van der Waals surface area contributed by atoms with Crippen LogP contribution in [0.2, 0.25) is 0 Å². The molecule has 49 heavy (non-hydrogen) atoms. The smallest absolute Gasteiger partial charge is 0.320 e. The number of benzene rings is 2. The van der Waals surface area contributed by atoms with Crippen LogP contribution in [0.25, 0.3) is 0 Å². The number of fused-ring (bicyclic) bond motifs is 2. The number of hydrogen-bond acceptors (Lipinski definition) is 10. The third-order valence-electron chi connectivity index (χ3n) is 7.27. The van der Waals surface area contributed by atoms with Crippen LogP contribution in [0.4, 0.5) is 0 Å². The molecular formula is C38H59IN2O8.